The van der Waals surface area contributed by atoms with Gasteiger partial charge in [-0.25, -0.2) is 9.55 Å². The number of aromatic amines is 1. The predicted octanol–water partition coefficient (Wildman–Crippen LogP) is 2.34. The van der Waals surface area contributed by atoms with Crippen molar-refractivity contribution in [3.63, 3.8) is 0 Å². The Morgan fingerprint density at radius 1 is 1.47 bits per heavy atom. The highest BCUT2D eigenvalue weighted by Gasteiger charge is 2.13. The van der Waals surface area contributed by atoms with E-state index in [0.717, 1.165) is 25.1 Å². The van der Waals surface area contributed by atoms with Gasteiger partial charge in [0, 0.05) is 6.08 Å². The summed E-state index contributed by atoms with van der Waals surface area (Å²) in [6.45, 7) is 6.79. The maximum absolute atomic E-state index is 10.8. The first kappa shape index (κ1) is 11.7. The first-order valence-electron chi connectivity index (χ1n) is 5.52. The number of H-pyrrole nitrogens is 1. The Bertz CT molecular complexity index is 303. The standard InChI is InChI=1S/C12H18N2O/c1-3-5-6-7-8-14-11(10-15)9-13-12(14)4-2/h4,9-10H,2-3,5-8H2,1H3/p+1. The number of aromatic nitrogens is 2. The molecule has 0 bridgehead atoms. The van der Waals surface area contributed by atoms with Crippen molar-refractivity contribution < 1.29 is 9.36 Å². The van der Waals surface area contributed by atoms with Gasteiger partial charge in [0.2, 0.25) is 5.69 Å². The van der Waals surface area contributed by atoms with E-state index in [9.17, 15) is 4.79 Å². The molecule has 0 aliphatic heterocycles. The molecule has 0 spiro atoms. The second kappa shape index (κ2) is 6.17. The van der Waals surface area contributed by atoms with E-state index in [0.29, 0.717) is 5.69 Å². The number of hydrogen-bond acceptors (Lipinski definition) is 1. The molecule has 0 amide bonds. The number of imidazole rings is 1. The molecule has 0 saturated heterocycles. The molecule has 0 unspecified atom stereocenters. The number of carbonyl (C=O) groups is 1. The molecule has 0 atom stereocenters. The van der Waals surface area contributed by atoms with Crippen LogP contribution >= 0.6 is 0 Å². The summed E-state index contributed by atoms with van der Waals surface area (Å²) in [7, 11) is 0. The van der Waals surface area contributed by atoms with E-state index in [4.69, 9.17) is 0 Å². The van der Waals surface area contributed by atoms with Crippen LogP contribution in [0.15, 0.2) is 12.8 Å². The fraction of sp³-hybridized carbons (Fsp3) is 0.500. The number of hydrogen-bond donors (Lipinski definition) is 1. The molecule has 0 saturated carbocycles. The van der Waals surface area contributed by atoms with Crippen molar-refractivity contribution in [1.29, 1.82) is 0 Å². The number of rotatable bonds is 7. The van der Waals surface area contributed by atoms with Crippen LogP contribution in [0.3, 0.4) is 0 Å². The van der Waals surface area contributed by atoms with Gasteiger partial charge in [-0.05, 0) is 12.8 Å². The summed E-state index contributed by atoms with van der Waals surface area (Å²) >= 11 is 0. The van der Waals surface area contributed by atoms with Gasteiger partial charge in [0.05, 0.1) is 6.54 Å². The van der Waals surface area contributed by atoms with E-state index < -0.39 is 0 Å². The first-order chi connectivity index (χ1) is 7.33. The third-order valence-electron chi connectivity index (χ3n) is 2.52. The third-order valence-corrected chi connectivity index (χ3v) is 2.52. The Morgan fingerprint density at radius 2 is 2.27 bits per heavy atom. The second-order valence-electron chi connectivity index (χ2n) is 3.63. The Labute approximate surface area is 90.8 Å². The normalized spacial score (nSPS) is 10.2. The zero-order valence-electron chi connectivity index (χ0n) is 9.33. The van der Waals surface area contributed by atoms with Crippen molar-refractivity contribution in [1.82, 2.24) is 4.98 Å². The highest BCUT2D eigenvalue weighted by atomic mass is 16.1. The van der Waals surface area contributed by atoms with Gasteiger partial charge in [-0.3, -0.25) is 4.79 Å². The van der Waals surface area contributed by atoms with Gasteiger partial charge in [0.1, 0.15) is 6.20 Å². The molecule has 3 nitrogen and oxygen atoms in total. The molecule has 0 aromatic carbocycles. The zero-order valence-corrected chi connectivity index (χ0v) is 9.33. The Hall–Kier alpha value is -1.38. The SMILES string of the molecule is C=Cc1[nH]cc(C=O)[n+]1CCCCCC. The van der Waals surface area contributed by atoms with Crippen LogP contribution in [0.1, 0.15) is 48.9 Å². The lowest BCUT2D eigenvalue weighted by Gasteiger charge is -1.99. The van der Waals surface area contributed by atoms with Crippen LogP contribution in [0.2, 0.25) is 0 Å². The highest BCUT2D eigenvalue weighted by molar-refractivity contribution is 5.69. The summed E-state index contributed by atoms with van der Waals surface area (Å²) in [5, 5.41) is 0. The van der Waals surface area contributed by atoms with E-state index in [1.807, 2.05) is 4.57 Å². The lowest BCUT2D eigenvalue weighted by Crippen LogP contribution is -2.38. The Balaban J connectivity index is 2.60. The minimum Gasteiger partial charge on any atom is -0.294 e. The van der Waals surface area contributed by atoms with Crippen molar-refractivity contribution in [2.24, 2.45) is 0 Å². The van der Waals surface area contributed by atoms with Gasteiger partial charge in [-0.15, -0.1) is 0 Å². The lowest BCUT2D eigenvalue weighted by atomic mass is 10.2. The van der Waals surface area contributed by atoms with E-state index in [-0.39, 0.29) is 0 Å². The van der Waals surface area contributed by atoms with Gasteiger partial charge in [0.25, 0.3) is 5.82 Å². The summed E-state index contributed by atoms with van der Waals surface area (Å²) in [6.07, 6.45) is 9.15. The molecular weight excluding hydrogens is 188 g/mol. The van der Waals surface area contributed by atoms with Crippen molar-refractivity contribution in [3.8, 4) is 0 Å². The van der Waals surface area contributed by atoms with Gasteiger partial charge < -0.3 is 0 Å². The molecule has 82 valence electrons. The Morgan fingerprint density at radius 3 is 2.87 bits per heavy atom. The van der Waals surface area contributed by atoms with Crippen LogP contribution in [0.4, 0.5) is 0 Å². The lowest BCUT2D eigenvalue weighted by molar-refractivity contribution is -0.698. The average Bonchev–Trinajstić information content (AvgIpc) is 2.66. The summed E-state index contributed by atoms with van der Waals surface area (Å²) in [6, 6.07) is 0. The van der Waals surface area contributed by atoms with E-state index in [1.54, 1.807) is 12.3 Å². The van der Waals surface area contributed by atoms with Crippen LogP contribution in [0, 0.1) is 0 Å². The largest absolute Gasteiger partial charge is 0.294 e. The maximum atomic E-state index is 10.8. The number of nitrogens with zero attached hydrogens (tertiary/aromatic N) is 1. The van der Waals surface area contributed by atoms with Gasteiger partial charge in [0.15, 0.2) is 6.29 Å². The molecule has 1 rings (SSSR count). The smallest absolute Gasteiger partial charge is 0.279 e. The molecule has 15 heavy (non-hydrogen) atoms. The summed E-state index contributed by atoms with van der Waals surface area (Å²) in [5.41, 5.74) is 0.696. The molecule has 1 N–H and O–H groups in total. The van der Waals surface area contributed by atoms with Crippen LogP contribution in [-0.2, 0) is 6.54 Å². The fourth-order valence-corrected chi connectivity index (χ4v) is 1.66. The molecule has 0 aliphatic carbocycles. The monoisotopic (exact) mass is 207 g/mol. The number of unbranched alkanes of at least 4 members (excludes halogenated alkanes) is 3. The molecule has 3 heteroatoms. The minimum absolute atomic E-state index is 0.696. The quantitative estimate of drug-likeness (QED) is 0.416. The maximum Gasteiger partial charge on any atom is 0.279 e. The second-order valence-corrected chi connectivity index (χ2v) is 3.63. The van der Waals surface area contributed by atoms with Crippen LogP contribution in [-0.4, -0.2) is 11.3 Å². The predicted molar refractivity (Wildman–Crippen MR) is 60.6 cm³/mol. The highest BCUT2D eigenvalue weighted by Crippen LogP contribution is 2.01. The van der Waals surface area contributed by atoms with Gasteiger partial charge in [-0.1, -0.05) is 26.3 Å². The molecule has 1 aromatic rings. The third kappa shape index (κ3) is 3.05. The van der Waals surface area contributed by atoms with E-state index in [1.165, 1.54) is 19.3 Å². The summed E-state index contributed by atoms with van der Waals surface area (Å²) in [4.78, 5) is 13.8. The van der Waals surface area contributed by atoms with Crippen molar-refractivity contribution in [2.75, 3.05) is 0 Å². The molecule has 0 radical (unpaired) electrons. The molecule has 0 aliphatic rings. The van der Waals surface area contributed by atoms with E-state index >= 15 is 0 Å². The molecule has 1 heterocycles. The summed E-state index contributed by atoms with van der Waals surface area (Å²) in [5.74, 6) is 0.911. The topological polar surface area (TPSA) is 36.7 Å². The molecule has 0 fully saturated rings. The number of nitrogens with one attached hydrogen (secondary N) is 1. The number of aldehydes is 1. The van der Waals surface area contributed by atoms with Crippen molar-refractivity contribution in [3.05, 3.63) is 24.3 Å². The zero-order chi connectivity index (χ0) is 11.1. The van der Waals surface area contributed by atoms with Crippen LogP contribution < -0.4 is 4.57 Å². The fourth-order valence-electron chi connectivity index (χ4n) is 1.66. The van der Waals surface area contributed by atoms with Crippen molar-refractivity contribution >= 4 is 12.4 Å². The van der Waals surface area contributed by atoms with Crippen LogP contribution in [0.25, 0.3) is 6.08 Å². The van der Waals surface area contributed by atoms with Crippen molar-refractivity contribution in [2.45, 2.75) is 39.2 Å². The van der Waals surface area contributed by atoms with E-state index in [2.05, 4.69) is 18.5 Å². The minimum atomic E-state index is 0.696. The Kier molecular flexibility index (Phi) is 4.81. The van der Waals surface area contributed by atoms with Gasteiger partial charge in [-0.2, -0.15) is 0 Å². The van der Waals surface area contributed by atoms with Crippen LogP contribution in [0.5, 0.6) is 0 Å². The average molecular weight is 207 g/mol. The summed E-state index contributed by atoms with van der Waals surface area (Å²) < 4.78 is 1.98. The first-order valence-corrected chi connectivity index (χ1v) is 5.52. The molecular formula is C12H19N2O+. The number of carbonyl (C=O) groups excluding carboxylic acids is 1. The van der Waals surface area contributed by atoms with Gasteiger partial charge >= 0.3 is 0 Å². The molecule has 1 aromatic heterocycles.